The lowest BCUT2D eigenvalue weighted by Gasteiger charge is -2.42. The van der Waals surface area contributed by atoms with E-state index in [2.05, 4.69) is 32.2 Å². The second kappa shape index (κ2) is 3.71. The molecular formula is C13H18ClN. The number of fused-ring (bicyclic) bond motifs is 1. The van der Waals surface area contributed by atoms with Gasteiger partial charge in [0.15, 0.2) is 0 Å². The number of hydrogen-bond acceptors (Lipinski definition) is 1. The lowest BCUT2D eigenvalue weighted by atomic mass is 9.77. The van der Waals surface area contributed by atoms with E-state index in [1.807, 2.05) is 12.1 Å². The van der Waals surface area contributed by atoms with Crippen LogP contribution >= 0.6 is 11.6 Å². The van der Waals surface area contributed by atoms with Gasteiger partial charge in [0.25, 0.3) is 0 Å². The summed E-state index contributed by atoms with van der Waals surface area (Å²) in [4.78, 5) is 0. The first-order valence-corrected chi connectivity index (χ1v) is 5.99. The van der Waals surface area contributed by atoms with Gasteiger partial charge in [-0.25, -0.2) is 0 Å². The number of rotatable bonds is 1. The fourth-order valence-corrected chi connectivity index (χ4v) is 2.44. The summed E-state index contributed by atoms with van der Waals surface area (Å²) in [6.45, 7) is 6.84. The Kier molecular flexibility index (Phi) is 2.68. The molecule has 1 aliphatic rings. The minimum Gasteiger partial charge on any atom is -0.379 e. The number of halogens is 1. The van der Waals surface area contributed by atoms with E-state index in [9.17, 15) is 0 Å². The van der Waals surface area contributed by atoms with Crippen LogP contribution in [-0.2, 0) is 6.42 Å². The molecule has 0 spiro atoms. The average molecular weight is 224 g/mol. The monoisotopic (exact) mass is 223 g/mol. The first-order chi connectivity index (χ1) is 7.05. The van der Waals surface area contributed by atoms with Crippen molar-refractivity contribution in [3.05, 3.63) is 28.8 Å². The van der Waals surface area contributed by atoms with Gasteiger partial charge in [-0.15, -0.1) is 0 Å². The van der Waals surface area contributed by atoms with Crippen LogP contribution in [0.3, 0.4) is 0 Å². The third-order valence-electron chi connectivity index (χ3n) is 3.84. The molecule has 0 aliphatic carbocycles. The Balaban J connectivity index is 2.39. The van der Waals surface area contributed by atoms with Gasteiger partial charge >= 0.3 is 0 Å². The summed E-state index contributed by atoms with van der Waals surface area (Å²) in [7, 11) is 0. The van der Waals surface area contributed by atoms with Crippen molar-refractivity contribution in [2.45, 2.75) is 39.2 Å². The normalized spacial score (nSPS) is 29.5. The van der Waals surface area contributed by atoms with Crippen LogP contribution in [-0.4, -0.2) is 5.54 Å². The summed E-state index contributed by atoms with van der Waals surface area (Å²) in [5, 5.41) is 4.44. The summed E-state index contributed by atoms with van der Waals surface area (Å²) < 4.78 is 0. The quantitative estimate of drug-likeness (QED) is 0.756. The van der Waals surface area contributed by atoms with E-state index in [0.717, 1.165) is 17.9 Å². The highest BCUT2D eigenvalue weighted by atomic mass is 35.5. The zero-order valence-electron chi connectivity index (χ0n) is 9.60. The molecule has 1 nitrogen and oxygen atoms in total. The summed E-state index contributed by atoms with van der Waals surface area (Å²) >= 11 is 6.01. The first kappa shape index (κ1) is 10.8. The molecule has 2 rings (SSSR count). The Bertz CT molecular complexity index is 375. The molecular weight excluding hydrogens is 206 g/mol. The largest absolute Gasteiger partial charge is 0.379 e. The van der Waals surface area contributed by atoms with Crippen LogP contribution in [0.25, 0.3) is 0 Å². The molecule has 0 saturated heterocycles. The molecule has 0 aromatic heterocycles. The van der Waals surface area contributed by atoms with E-state index in [4.69, 9.17) is 11.6 Å². The first-order valence-electron chi connectivity index (χ1n) is 5.62. The van der Waals surface area contributed by atoms with Gasteiger partial charge in [-0.2, -0.15) is 0 Å². The second-order valence-corrected chi connectivity index (χ2v) is 5.24. The van der Waals surface area contributed by atoms with Gasteiger partial charge in [0, 0.05) is 16.2 Å². The number of benzene rings is 1. The smallest absolute Gasteiger partial charge is 0.0426 e. The molecule has 1 N–H and O–H groups in total. The van der Waals surface area contributed by atoms with E-state index in [1.54, 1.807) is 0 Å². The van der Waals surface area contributed by atoms with Gasteiger partial charge in [-0.1, -0.05) is 31.5 Å². The minimum absolute atomic E-state index is 0.206. The van der Waals surface area contributed by atoms with E-state index in [0.29, 0.717) is 5.92 Å². The van der Waals surface area contributed by atoms with Gasteiger partial charge in [-0.05, 0) is 43.4 Å². The SMILES string of the molecule is CCC1(C)Nc2cc(Cl)ccc2CC1C. The summed E-state index contributed by atoms with van der Waals surface area (Å²) in [6, 6.07) is 6.15. The highest BCUT2D eigenvalue weighted by Gasteiger charge is 2.33. The van der Waals surface area contributed by atoms with Crippen molar-refractivity contribution < 1.29 is 0 Å². The Hall–Kier alpha value is -0.690. The van der Waals surface area contributed by atoms with Crippen LogP contribution in [0.1, 0.15) is 32.8 Å². The third-order valence-corrected chi connectivity index (χ3v) is 4.08. The van der Waals surface area contributed by atoms with E-state index in [1.165, 1.54) is 11.3 Å². The van der Waals surface area contributed by atoms with Crippen LogP contribution in [0.5, 0.6) is 0 Å². The van der Waals surface area contributed by atoms with E-state index < -0.39 is 0 Å². The fourth-order valence-electron chi connectivity index (χ4n) is 2.27. The van der Waals surface area contributed by atoms with Gasteiger partial charge < -0.3 is 5.32 Å². The highest BCUT2D eigenvalue weighted by molar-refractivity contribution is 6.30. The predicted octanol–water partition coefficient (Wildman–Crippen LogP) is 4.11. The molecule has 15 heavy (non-hydrogen) atoms. The molecule has 0 saturated carbocycles. The molecule has 1 heterocycles. The van der Waals surface area contributed by atoms with Crippen molar-refractivity contribution in [1.29, 1.82) is 0 Å². The molecule has 1 aromatic carbocycles. The molecule has 0 bridgehead atoms. The molecule has 1 aliphatic heterocycles. The third kappa shape index (κ3) is 1.85. The zero-order chi connectivity index (χ0) is 11.1. The van der Waals surface area contributed by atoms with Crippen LogP contribution in [0.4, 0.5) is 5.69 Å². The second-order valence-electron chi connectivity index (χ2n) is 4.80. The summed E-state index contributed by atoms with van der Waals surface area (Å²) in [5.41, 5.74) is 2.81. The number of nitrogens with one attached hydrogen (secondary N) is 1. The maximum Gasteiger partial charge on any atom is 0.0426 e. The maximum atomic E-state index is 6.01. The van der Waals surface area contributed by atoms with Gasteiger partial charge in [0.1, 0.15) is 0 Å². The van der Waals surface area contributed by atoms with Crippen LogP contribution in [0.2, 0.25) is 5.02 Å². The van der Waals surface area contributed by atoms with Crippen LogP contribution in [0.15, 0.2) is 18.2 Å². The molecule has 0 fully saturated rings. The van der Waals surface area contributed by atoms with Crippen LogP contribution < -0.4 is 5.32 Å². The summed E-state index contributed by atoms with van der Waals surface area (Å²) in [5.74, 6) is 0.663. The minimum atomic E-state index is 0.206. The van der Waals surface area contributed by atoms with Crippen molar-refractivity contribution in [2.24, 2.45) is 5.92 Å². The molecule has 0 amide bonds. The van der Waals surface area contributed by atoms with Crippen molar-refractivity contribution in [2.75, 3.05) is 5.32 Å². The predicted molar refractivity (Wildman–Crippen MR) is 66.6 cm³/mol. The lowest BCUT2D eigenvalue weighted by Crippen LogP contribution is -2.45. The van der Waals surface area contributed by atoms with Crippen molar-refractivity contribution in [1.82, 2.24) is 0 Å². The topological polar surface area (TPSA) is 12.0 Å². The van der Waals surface area contributed by atoms with E-state index >= 15 is 0 Å². The zero-order valence-corrected chi connectivity index (χ0v) is 10.4. The van der Waals surface area contributed by atoms with Crippen LogP contribution in [0, 0.1) is 5.92 Å². The molecule has 0 radical (unpaired) electrons. The average Bonchev–Trinajstić information content (AvgIpc) is 2.20. The number of hydrogen-bond donors (Lipinski definition) is 1. The van der Waals surface area contributed by atoms with Crippen molar-refractivity contribution >= 4 is 17.3 Å². The summed E-state index contributed by atoms with van der Waals surface area (Å²) in [6.07, 6.45) is 2.28. The Morgan fingerprint density at radius 1 is 1.53 bits per heavy atom. The Labute approximate surface area is 96.8 Å². The Morgan fingerprint density at radius 3 is 2.93 bits per heavy atom. The maximum absolute atomic E-state index is 6.01. The molecule has 2 atom stereocenters. The highest BCUT2D eigenvalue weighted by Crippen LogP contribution is 2.37. The van der Waals surface area contributed by atoms with Crippen molar-refractivity contribution in [3.63, 3.8) is 0 Å². The Morgan fingerprint density at radius 2 is 2.27 bits per heavy atom. The van der Waals surface area contributed by atoms with Crippen molar-refractivity contribution in [3.8, 4) is 0 Å². The molecule has 2 unspecified atom stereocenters. The standard InChI is InChI=1S/C13H18ClN/c1-4-13(3)9(2)7-10-5-6-11(14)8-12(10)15-13/h5-6,8-9,15H,4,7H2,1-3H3. The molecule has 82 valence electrons. The fraction of sp³-hybridized carbons (Fsp3) is 0.538. The number of anilines is 1. The van der Waals surface area contributed by atoms with Gasteiger partial charge in [0.2, 0.25) is 0 Å². The molecule has 1 aromatic rings. The van der Waals surface area contributed by atoms with Gasteiger partial charge in [-0.3, -0.25) is 0 Å². The van der Waals surface area contributed by atoms with E-state index in [-0.39, 0.29) is 5.54 Å². The van der Waals surface area contributed by atoms with Gasteiger partial charge in [0.05, 0.1) is 0 Å². The lowest BCUT2D eigenvalue weighted by molar-refractivity contribution is 0.323. The molecule has 2 heteroatoms.